The number of ether oxygens (including phenoxy) is 1. The molecule has 23 heteroatoms. The first-order valence-electron chi connectivity index (χ1n) is 7.07. The highest BCUT2D eigenvalue weighted by Crippen LogP contribution is 2.73. The molecule has 0 N–H and O–H groups in total. The van der Waals surface area contributed by atoms with Gasteiger partial charge in [-0.05, 0) is 0 Å². The van der Waals surface area contributed by atoms with Crippen molar-refractivity contribution in [2.75, 3.05) is 0 Å². The molecule has 0 aromatic carbocycles. The molecule has 0 atom stereocenters. The molecule has 1 fully saturated rings. The fraction of sp³-hybridized carbons (Fsp3) is 1.00. The molecule has 0 bridgehead atoms. The van der Waals surface area contributed by atoms with Crippen LogP contribution in [0.15, 0.2) is 0 Å². The molecule has 0 radical (unpaired) electrons. The zero-order valence-electron chi connectivity index (χ0n) is 14.2. The molecule has 1 rings (SSSR count). The quantitative estimate of drug-likeness (QED) is 0.338. The zero-order valence-corrected chi connectivity index (χ0v) is 14.2. The fourth-order valence-corrected chi connectivity index (χ4v) is 2.51. The van der Waals surface area contributed by atoms with Crippen molar-refractivity contribution in [3.8, 4) is 0 Å². The summed E-state index contributed by atoms with van der Waals surface area (Å²) in [5, 5.41) is 0. The van der Waals surface area contributed by atoms with Gasteiger partial charge in [-0.3, -0.25) is 4.74 Å². The molecule has 0 amide bonds. The molecule has 0 spiro atoms. The van der Waals surface area contributed by atoms with Gasteiger partial charge in [0.25, 0.3) is 0 Å². The second-order valence-electron chi connectivity index (χ2n) is 6.32. The minimum Gasteiger partial charge on any atom is -0.284 e. The lowest BCUT2D eigenvalue weighted by Gasteiger charge is -2.54. The van der Waals surface area contributed by atoms with Crippen LogP contribution in [0.2, 0.25) is 0 Å². The summed E-state index contributed by atoms with van der Waals surface area (Å²) in [6.07, 6.45) is -34.4. The van der Waals surface area contributed by atoms with Crippen molar-refractivity contribution < 1.29 is 101 Å². The Hall–Kier alpha value is -1.58. The second-order valence-corrected chi connectivity index (χ2v) is 6.32. The van der Waals surface area contributed by atoms with E-state index in [4.69, 9.17) is 0 Å². The number of hydrogen-bond acceptors (Lipinski definition) is 1. The summed E-state index contributed by atoms with van der Waals surface area (Å²) in [7, 11) is 0. The van der Waals surface area contributed by atoms with Gasteiger partial charge >= 0.3 is 65.5 Å². The van der Waals surface area contributed by atoms with Crippen molar-refractivity contribution in [1.29, 1.82) is 0 Å². The van der Waals surface area contributed by atoms with Crippen molar-refractivity contribution in [1.82, 2.24) is 0 Å². The Kier molecular flexibility index (Phi) is 6.08. The van der Waals surface area contributed by atoms with Gasteiger partial charge in [-0.25, -0.2) is 4.39 Å². The van der Waals surface area contributed by atoms with Crippen LogP contribution in [-0.2, 0) is 4.74 Å². The Balaban J connectivity index is 4.19. The Morgan fingerprint density at radius 2 is 0.559 bits per heavy atom. The van der Waals surface area contributed by atoms with Crippen molar-refractivity contribution in [2.24, 2.45) is 0 Å². The van der Waals surface area contributed by atoms with Crippen LogP contribution in [0, 0.1) is 0 Å². The van der Waals surface area contributed by atoms with Crippen LogP contribution in [0.5, 0.6) is 0 Å². The predicted molar refractivity (Wildman–Crippen MR) is 55.5 cm³/mol. The molecule has 0 aliphatic heterocycles. The highest BCUT2D eigenvalue weighted by atomic mass is 19.4. The summed E-state index contributed by atoms with van der Waals surface area (Å²) in [6.45, 7) is 0. The fourth-order valence-electron chi connectivity index (χ4n) is 2.51. The number of halogens is 22. The maximum Gasteiger partial charge on any atom is 0.436 e. The summed E-state index contributed by atoms with van der Waals surface area (Å²) in [5.74, 6) is -42.9. The van der Waals surface area contributed by atoms with E-state index in [1.165, 1.54) is 0 Å². The average molecular weight is 566 g/mol. The van der Waals surface area contributed by atoms with Crippen LogP contribution >= 0.6 is 0 Å². The largest absolute Gasteiger partial charge is 0.436 e. The highest BCUT2D eigenvalue weighted by Gasteiger charge is 3.06. The summed E-state index contributed by atoms with van der Waals surface area (Å²) >= 11 is 0. The smallest absolute Gasteiger partial charge is 0.284 e. The molecular weight excluding hydrogens is 566 g/mol. The zero-order chi connectivity index (χ0) is 28.2. The van der Waals surface area contributed by atoms with Gasteiger partial charge in [0.15, 0.2) is 0 Å². The maximum absolute atomic E-state index is 14.2. The molecule has 1 aliphatic rings. The van der Waals surface area contributed by atoms with E-state index in [2.05, 4.69) is 0 Å². The third kappa shape index (κ3) is 2.95. The van der Waals surface area contributed by atoms with E-state index in [9.17, 15) is 96.6 Å². The molecule has 0 saturated heterocycles. The Labute approximate surface area is 168 Å². The molecule has 34 heavy (non-hydrogen) atoms. The van der Waals surface area contributed by atoms with Gasteiger partial charge in [0, 0.05) is 0 Å². The molecular formula is C11F22O. The number of alkyl halides is 22. The molecule has 1 nitrogen and oxygen atoms in total. The van der Waals surface area contributed by atoms with Crippen molar-refractivity contribution in [2.45, 2.75) is 65.5 Å². The monoisotopic (exact) mass is 566 g/mol. The minimum atomic E-state index is -9.10. The van der Waals surface area contributed by atoms with Crippen LogP contribution in [0.25, 0.3) is 0 Å². The van der Waals surface area contributed by atoms with Crippen LogP contribution in [0.1, 0.15) is 0 Å². The standard InChI is InChI=1S/C11F22O/c12-1(3(13,14)5(17,18)7(21,22)6(19,20)4(1,15)16)11(32,33)34-2(8(23,24)25,9(26,27)28)10(29,30)31. The van der Waals surface area contributed by atoms with Gasteiger partial charge < -0.3 is 0 Å². The summed E-state index contributed by atoms with van der Waals surface area (Å²) in [6, 6.07) is 0. The highest BCUT2D eigenvalue weighted by molar-refractivity contribution is 5.29. The lowest BCUT2D eigenvalue weighted by Crippen LogP contribution is -2.88. The Morgan fingerprint density at radius 3 is 0.765 bits per heavy atom. The Morgan fingerprint density at radius 1 is 0.353 bits per heavy atom. The molecule has 1 saturated carbocycles. The second kappa shape index (κ2) is 6.79. The van der Waals surface area contributed by atoms with Gasteiger partial charge in [0.1, 0.15) is 0 Å². The van der Waals surface area contributed by atoms with Crippen molar-refractivity contribution in [3.63, 3.8) is 0 Å². The topological polar surface area (TPSA) is 9.23 Å². The van der Waals surface area contributed by atoms with E-state index in [0.717, 1.165) is 4.74 Å². The van der Waals surface area contributed by atoms with Crippen LogP contribution in [0.4, 0.5) is 96.6 Å². The lowest BCUT2D eigenvalue weighted by molar-refractivity contribution is -0.561. The van der Waals surface area contributed by atoms with Crippen molar-refractivity contribution >= 4 is 0 Å². The summed E-state index contributed by atoms with van der Waals surface area (Å²) in [4.78, 5) is 0. The molecule has 0 aromatic heterocycles. The average Bonchev–Trinajstić information content (AvgIpc) is 2.53. The van der Waals surface area contributed by atoms with Gasteiger partial charge in [-0.2, -0.15) is 92.2 Å². The van der Waals surface area contributed by atoms with E-state index in [0.29, 0.717) is 0 Å². The van der Waals surface area contributed by atoms with Crippen LogP contribution < -0.4 is 0 Å². The lowest BCUT2D eigenvalue weighted by atomic mass is 9.71. The first-order chi connectivity index (χ1) is 14.2. The van der Waals surface area contributed by atoms with E-state index in [1.54, 1.807) is 0 Å². The predicted octanol–water partition coefficient (Wildman–Crippen LogP) is 6.92. The molecule has 1 aliphatic carbocycles. The summed E-state index contributed by atoms with van der Waals surface area (Å²) < 4.78 is 288. The van der Waals surface area contributed by atoms with Gasteiger partial charge in [-0.15, -0.1) is 0 Å². The third-order valence-electron chi connectivity index (χ3n) is 4.32. The van der Waals surface area contributed by atoms with Crippen LogP contribution in [-0.4, -0.2) is 65.5 Å². The van der Waals surface area contributed by atoms with Gasteiger partial charge in [-0.1, -0.05) is 0 Å². The van der Waals surface area contributed by atoms with E-state index in [-0.39, 0.29) is 0 Å². The molecule has 0 aromatic rings. The molecule has 0 unspecified atom stereocenters. The molecule has 0 heterocycles. The van der Waals surface area contributed by atoms with Crippen LogP contribution in [0.3, 0.4) is 0 Å². The van der Waals surface area contributed by atoms with Gasteiger partial charge in [0.05, 0.1) is 0 Å². The number of hydrogen-bond donors (Lipinski definition) is 0. The third-order valence-corrected chi connectivity index (χ3v) is 4.32. The SMILES string of the molecule is FC(F)(F)C(OC(F)(F)C1(F)C(F)(F)C(F)(F)C(F)(F)C(F)(F)C1(F)F)(C(F)(F)F)C(F)(F)F. The summed E-state index contributed by atoms with van der Waals surface area (Å²) in [5.41, 5.74) is -17.8. The maximum atomic E-state index is 14.2. The first-order valence-corrected chi connectivity index (χ1v) is 7.07. The van der Waals surface area contributed by atoms with E-state index in [1.807, 2.05) is 0 Å². The minimum absolute atomic E-state index is 0.933. The first kappa shape index (κ1) is 30.5. The van der Waals surface area contributed by atoms with E-state index < -0.39 is 65.5 Å². The Bertz CT molecular complexity index is 727. The molecule has 204 valence electrons. The van der Waals surface area contributed by atoms with E-state index >= 15 is 0 Å². The van der Waals surface area contributed by atoms with Gasteiger partial charge in [0.2, 0.25) is 0 Å². The number of rotatable bonds is 3. The van der Waals surface area contributed by atoms with Crippen molar-refractivity contribution in [3.05, 3.63) is 0 Å². The normalized spacial score (nSPS) is 26.3.